The highest BCUT2D eigenvalue weighted by Crippen LogP contribution is 2.22. The average molecular weight is 327 g/mol. The smallest absolute Gasteiger partial charge is 0.124 e. The molecule has 0 aliphatic rings. The Kier molecular flexibility index (Phi) is 4.37. The Morgan fingerprint density at radius 2 is 2.11 bits per heavy atom. The van der Waals surface area contributed by atoms with E-state index < -0.39 is 6.10 Å². The van der Waals surface area contributed by atoms with Crippen molar-refractivity contribution < 1.29 is 9.50 Å². The van der Waals surface area contributed by atoms with Gasteiger partial charge < -0.3 is 5.11 Å². The summed E-state index contributed by atoms with van der Waals surface area (Å²) in [4.78, 5) is 0. The third-order valence-corrected chi connectivity index (χ3v) is 3.48. The number of hydrogen-bond acceptors (Lipinski definition) is 2. The van der Waals surface area contributed by atoms with Crippen molar-refractivity contribution in [2.45, 2.75) is 25.9 Å². The molecule has 1 aromatic heterocycles. The van der Waals surface area contributed by atoms with Gasteiger partial charge in [0.25, 0.3) is 0 Å². The first-order valence-corrected chi connectivity index (χ1v) is 6.94. The van der Waals surface area contributed by atoms with Gasteiger partial charge in [-0.1, -0.05) is 22.9 Å². The zero-order valence-electron chi connectivity index (χ0n) is 10.9. The van der Waals surface area contributed by atoms with Crippen LogP contribution in [0, 0.1) is 5.82 Å². The van der Waals surface area contributed by atoms with Gasteiger partial charge in [0, 0.05) is 17.9 Å². The lowest BCUT2D eigenvalue weighted by molar-refractivity contribution is 0.168. The number of aromatic nitrogens is 2. The second-order valence-corrected chi connectivity index (χ2v) is 5.45. The van der Waals surface area contributed by atoms with Crippen LogP contribution in [0.3, 0.4) is 0 Å². The quantitative estimate of drug-likeness (QED) is 0.937. The van der Waals surface area contributed by atoms with Crippen molar-refractivity contribution in [1.29, 1.82) is 0 Å². The van der Waals surface area contributed by atoms with Gasteiger partial charge in [-0.15, -0.1) is 0 Å². The van der Waals surface area contributed by atoms with E-state index in [1.54, 1.807) is 11.7 Å². The maximum absolute atomic E-state index is 13.3. The van der Waals surface area contributed by atoms with Crippen LogP contribution in [0.2, 0.25) is 0 Å². The molecule has 2 aromatic rings. The molecule has 0 bridgehead atoms. The Hall–Kier alpha value is -1.20. The van der Waals surface area contributed by atoms with E-state index in [9.17, 15) is 9.50 Å². The molecule has 102 valence electrons. The van der Waals surface area contributed by atoms with E-state index in [1.165, 1.54) is 12.1 Å². The van der Waals surface area contributed by atoms with E-state index in [2.05, 4.69) is 21.0 Å². The first-order valence-electron chi connectivity index (χ1n) is 6.15. The molecule has 5 heteroatoms. The van der Waals surface area contributed by atoms with E-state index in [-0.39, 0.29) is 5.82 Å². The number of nitrogens with zero attached hydrogens (tertiary/aromatic N) is 2. The normalized spacial score (nSPS) is 12.7. The summed E-state index contributed by atoms with van der Waals surface area (Å²) in [6.07, 6.45) is 0.497. The topological polar surface area (TPSA) is 38.0 Å². The van der Waals surface area contributed by atoms with E-state index in [0.717, 1.165) is 23.4 Å². The molecule has 0 aliphatic heterocycles. The Balaban J connectivity index is 2.20. The van der Waals surface area contributed by atoms with Crippen LogP contribution in [-0.2, 0) is 19.9 Å². The first-order chi connectivity index (χ1) is 8.99. The minimum atomic E-state index is -0.688. The maximum Gasteiger partial charge on any atom is 0.124 e. The molecular weight excluding hydrogens is 311 g/mol. The fourth-order valence-corrected chi connectivity index (χ4v) is 2.60. The number of aliphatic hydroxyl groups is 1. The minimum absolute atomic E-state index is 0.309. The number of benzene rings is 1. The van der Waals surface area contributed by atoms with Crippen molar-refractivity contribution in [1.82, 2.24) is 9.78 Å². The SMILES string of the molecule is CCc1cc(C(O)Cc2cc(F)cc(Br)c2)n(C)n1. The summed E-state index contributed by atoms with van der Waals surface area (Å²) in [5.41, 5.74) is 2.44. The Morgan fingerprint density at radius 1 is 1.37 bits per heavy atom. The van der Waals surface area contributed by atoms with Gasteiger partial charge in [-0.2, -0.15) is 5.10 Å². The molecule has 19 heavy (non-hydrogen) atoms. The molecule has 3 nitrogen and oxygen atoms in total. The number of aryl methyl sites for hydroxylation is 2. The van der Waals surface area contributed by atoms with E-state index in [1.807, 2.05) is 19.1 Å². The fourth-order valence-electron chi connectivity index (χ4n) is 2.08. The van der Waals surface area contributed by atoms with Gasteiger partial charge in [0.2, 0.25) is 0 Å². The van der Waals surface area contributed by atoms with Gasteiger partial charge in [-0.05, 0) is 36.2 Å². The molecule has 2 rings (SSSR count). The third kappa shape index (κ3) is 3.42. The molecule has 0 spiro atoms. The highest BCUT2D eigenvalue weighted by Gasteiger charge is 2.15. The molecule has 0 saturated heterocycles. The molecule has 0 amide bonds. The lowest BCUT2D eigenvalue weighted by atomic mass is 10.1. The van der Waals surface area contributed by atoms with Crippen LogP contribution in [0.1, 0.15) is 30.0 Å². The van der Waals surface area contributed by atoms with Crippen molar-refractivity contribution in [3.63, 3.8) is 0 Å². The van der Waals surface area contributed by atoms with Crippen LogP contribution in [0.25, 0.3) is 0 Å². The van der Waals surface area contributed by atoms with Gasteiger partial charge in [-0.25, -0.2) is 4.39 Å². The van der Waals surface area contributed by atoms with Gasteiger partial charge >= 0.3 is 0 Å². The molecular formula is C14H16BrFN2O. The van der Waals surface area contributed by atoms with E-state index in [0.29, 0.717) is 10.9 Å². The largest absolute Gasteiger partial charge is 0.386 e. The number of halogens is 2. The summed E-state index contributed by atoms with van der Waals surface area (Å²) < 4.78 is 15.6. The Morgan fingerprint density at radius 3 is 2.68 bits per heavy atom. The van der Waals surface area contributed by atoms with Crippen LogP contribution in [0.15, 0.2) is 28.7 Å². The lowest BCUT2D eigenvalue weighted by Crippen LogP contribution is -2.08. The molecule has 1 atom stereocenters. The van der Waals surface area contributed by atoms with Crippen molar-refractivity contribution in [3.8, 4) is 0 Å². The van der Waals surface area contributed by atoms with Gasteiger partial charge in [0.05, 0.1) is 17.5 Å². The molecule has 0 fully saturated rings. The fraction of sp³-hybridized carbons (Fsp3) is 0.357. The summed E-state index contributed by atoms with van der Waals surface area (Å²) in [6.45, 7) is 2.02. The molecule has 0 saturated carbocycles. The van der Waals surface area contributed by atoms with Crippen molar-refractivity contribution >= 4 is 15.9 Å². The second-order valence-electron chi connectivity index (χ2n) is 4.54. The van der Waals surface area contributed by atoms with Gasteiger partial charge in [0.15, 0.2) is 0 Å². The zero-order valence-corrected chi connectivity index (χ0v) is 12.5. The summed E-state index contributed by atoms with van der Waals surface area (Å²) in [6, 6.07) is 6.53. The second kappa shape index (κ2) is 5.84. The predicted octanol–water partition coefficient (Wildman–Crippen LogP) is 3.16. The summed E-state index contributed by atoms with van der Waals surface area (Å²) >= 11 is 3.25. The number of hydrogen-bond donors (Lipinski definition) is 1. The zero-order chi connectivity index (χ0) is 14.0. The third-order valence-electron chi connectivity index (χ3n) is 3.02. The molecule has 0 aliphatic carbocycles. The summed E-state index contributed by atoms with van der Waals surface area (Å²) in [7, 11) is 1.80. The Labute approximate surface area is 120 Å². The summed E-state index contributed by atoms with van der Waals surface area (Å²) in [5, 5.41) is 14.5. The van der Waals surface area contributed by atoms with Crippen molar-refractivity contribution in [3.05, 3.63) is 51.5 Å². The number of rotatable bonds is 4. The highest BCUT2D eigenvalue weighted by atomic mass is 79.9. The van der Waals surface area contributed by atoms with Crippen LogP contribution >= 0.6 is 15.9 Å². The van der Waals surface area contributed by atoms with Crippen molar-refractivity contribution in [2.24, 2.45) is 7.05 Å². The monoisotopic (exact) mass is 326 g/mol. The lowest BCUT2D eigenvalue weighted by Gasteiger charge is -2.11. The average Bonchev–Trinajstić information content (AvgIpc) is 2.69. The van der Waals surface area contributed by atoms with E-state index >= 15 is 0 Å². The first kappa shape index (κ1) is 14.2. The number of aliphatic hydroxyl groups excluding tert-OH is 1. The standard InChI is InChI=1S/C14H16BrFN2O/c1-3-12-8-13(18(2)17-12)14(19)6-9-4-10(15)7-11(16)5-9/h4-5,7-8,14,19H,3,6H2,1-2H3. The molecule has 0 radical (unpaired) electrons. The van der Waals surface area contributed by atoms with Crippen LogP contribution in [0.5, 0.6) is 0 Å². The van der Waals surface area contributed by atoms with E-state index in [4.69, 9.17) is 0 Å². The van der Waals surface area contributed by atoms with Gasteiger partial charge in [-0.3, -0.25) is 4.68 Å². The summed E-state index contributed by atoms with van der Waals surface area (Å²) in [5.74, 6) is -0.309. The maximum atomic E-state index is 13.3. The molecule has 1 aromatic carbocycles. The van der Waals surface area contributed by atoms with Crippen molar-refractivity contribution in [2.75, 3.05) is 0 Å². The van der Waals surface area contributed by atoms with Crippen LogP contribution < -0.4 is 0 Å². The highest BCUT2D eigenvalue weighted by molar-refractivity contribution is 9.10. The van der Waals surface area contributed by atoms with Gasteiger partial charge in [0.1, 0.15) is 5.82 Å². The Bertz CT molecular complexity index is 563. The predicted molar refractivity (Wildman–Crippen MR) is 75.3 cm³/mol. The van der Waals surface area contributed by atoms with Crippen LogP contribution in [-0.4, -0.2) is 14.9 Å². The molecule has 1 heterocycles. The molecule has 1 unspecified atom stereocenters. The minimum Gasteiger partial charge on any atom is -0.386 e. The molecule has 1 N–H and O–H groups in total. The van der Waals surface area contributed by atoms with Crippen LogP contribution in [0.4, 0.5) is 4.39 Å².